The topological polar surface area (TPSA) is 81.1 Å². The molecule has 0 saturated carbocycles. The van der Waals surface area contributed by atoms with Crippen LogP contribution in [0, 0.1) is 0 Å². The number of anilines is 1. The van der Waals surface area contributed by atoms with Crippen molar-refractivity contribution in [2.24, 2.45) is 0 Å². The largest absolute Gasteiger partial charge is 0.322 e. The number of rotatable bonds is 6. The minimum atomic E-state index is -3.35. The zero-order chi connectivity index (χ0) is 19.4. The molecule has 0 spiro atoms. The molecule has 2 aromatic carbocycles. The molecule has 0 radical (unpaired) electrons. The number of carbonyl (C=O) groups is 1. The second kappa shape index (κ2) is 7.75. The van der Waals surface area contributed by atoms with Gasteiger partial charge in [0, 0.05) is 23.6 Å². The molecule has 1 amide bonds. The summed E-state index contributed by atoms with van der Waals surface area (Å²) in [6.45, 7) is 3.87. The maximum atomic E-state index is 12.5. The maximum Gasteiger partial charge on any atom is 0.255 e. The van der Waals surface area contributed by atoms with Gasteiger partial charge in [0.1, 0.15) is 0 Å². The minimum absolute atomic E-state index is 0.218. The monoisotopic (exact) mass is 383 g/mol. The van der Waals surface area contributed by atoms with Gasteiger partial charge in [-0.15, -0.1) is 0 Å². The highest BCUT2D eigenvalue weighted by Crippen LogP contribution is 2.18. The smallest absolute Gasteiger partial charge is 0.255 e. The van der Waals surface area contributed by atoms with Crippen LogP contribution in [0.1, 0.15) is 29.8 Å². The molecule has 0 unspecified atom stereocenters. The lowest BCUT2D eigenvalue weighted by Gasteiger charge is -2.10. The molecule has 0 saturated heterocycles. The molecule has 27 heavy (non-hydrogen) atoms. The molecule has 1 N–H and O–H groups in total. The van der Waals surface area contributed by atoms with Gasteiger partial charge in [-0.2, -0.15) is 5.10 Å². The maximum absolute atomic E-state index is 12.5. The first kappa shape index (κ1) is 18.8. The van der Waals surface area contributed by atoms with Gasteiger partial charge >= 0.3 is 0 Å². The van der Waals surface area contributed by atoms with Crippen molar-refractivity contribution in [1.82, 2.24) is 9.78 Å². The van der Waals surface area contributed by atoms with Gasteiger partial charge in [0.05, 0.1) is 16.7 Å². The normalized spacial score (nSPS) is 11.5. The summed E-state index contributed by atoms with van der Waals surface area (Å²) in [6, 6.07) is 15.4. The second-order valence-corrected chi connectivity index (χ2v) is 8.98. The SMILES string of the molecule is CC(C)S(=O)(=O)c1ccc(C(=O)Nc2cccc(Cn3cccn3)c2)cc1. The van der Waals surface area contributed by atoms with Crippen LogP contribution in [0.2, 0.25) is 0 Å². The van der Waals surface area contributed by atoms with Crippen LogP contribution in [-0.2, 0) is 16.4 Å². The highest BCUT2D eigenvalue weighted by molar-refractivity contribution is 7.92. The first-order valence-electron chi connectivity index (χ1n) is 8.58. The lowest BCUT2D eigenvalue weighted by atomic mass is 10.1. The Hall–Kier alpha value is -2.93. The van der Waals surface area contributed by atoms with Crippen molar-refractivity contribution < 1.29 is 13.2 Å². The number of hydrogen-bond acceptors (Lipinski definition) is 4. The van der Waals surface area contributed by atoms with Crippen molar-refractivity contribution in [3.8, 4) is 0 Å². The Balaban J connectivity index is 1.72. The fraction of sp³-hybridized carbons (Fsp3) is 0.200. The Morgan fingerprint density at radius 3 is 2.48 bits per heavy atom. The van der Waals surface area contributed by atoms with Crippen LogP contribution in [0.15, 0.2) is 71.9 Å². The van der Waals surface area contributed by atoms with E-state index in [1.165, 1.54) is 24.3 Å². The molecular formula is C20H21N3O3S. The number of amides is 1. The molecule has 140 valence electrons. The van der Waals surface area contributed by atoms with Crippen LogP contribution in [0.3, 0.4) is 0 Å². The molecule has 0 fully saturated rings. The number of carbonyl (C=O) groups excluding carboxylic acids is 1. The quantitative estimate of drug-likeness (QED) is 0.708. The van der Waals surface area contributed by atoms with Crippen molar-refractivity contribution >= 4 is 21.4 Å². The van der Waals surface area contributed by atoms with Crippen LogP contribution < -0.4 is 5.32 Å². The summed E-state index contributed by atoms with van der Waals surface area (Å²) in [7, 11) is -3.35. The molecule has 1 aromatic heterocycles. The molecule has 3 aromatic rings. The fourth-order valence-corrected chi connectivity index (χ4v) is 3.66. The van der Waals surface area contributed by atoms with E-state index in [1.807, 2.05) is 36.5 Å². The van der Waals surface area contributed by atoms with Crippen LogP contribution >= 0.6 is 0 Å². The Kier molecular flexibility index (Phi) is 5.41. The Morgan fingerprint density at radius 2 is 1.85 bits per heavy atom. The number of aromatic nitrogens is 2. The highest BCUT2D eigenvalue weighted by Gasteiger charge is 2.19. The summed E-state index contributed by atoms with van der Waals surface area (Å²) in [6.07, 6.45) is 3.59. The van der Waals surface area contributed by atoms with E-state index in [-0.39, 0.29) is 10.8 Å². The molecule has 0 aliphatic carbocycles. The highest BCUT2D eigenvalue weighted by atomic mass is 32.2. The lowest BCUT2D eigenvalue weighted by molar-refractivity contribution is 0.102. The second-order valence-electron chi connectivity index (χ2n) is 6.48. The van der Waals surface area contributed by atoms with E-state index < -0.39 is 15.1 Å². The van der Waals surface area contributed by atoms with E-state index in [9.17, 15) is 13.2 Å². The molecule has 7 heteroatoms. The van der Waals surface area contributed by atoms with Gasteiger partial charge in [-0.3, -0.25) is 9.48 Å². The summed E-state index contributed by atoms with van der Waals surface area (Å²) in [4.78, 5) is 12.7. The number of nitrogens with one attached hydrogen (secondary N) is 1. The van der Waals surface area contributed by atoms with Gasteiger partial charge < -0.3 is 5.32 Å². The third kappa shape index (κ3) is 4.43. The fourth-order valence-electron chi connectivity index (χ4n) is 2.60. The predicted molar refractivity (Wildman–Crippen MR) is 104 cm³/mol. The van der Waals surface area contributed by atoms with Crippen LogP contribution in [-0.4, -0.2) is 29.4 Å². The first-order valence-corrected chi connectivity index (χ1v) is 10.1. The van der Waals surface area contributed by atoms with Crippen LogP contribution in [0.4, 0.5) is 5.69 Å². The summed E-state index contributed by atoms with van der Waals surface area (Å²) >= 11 is 0. The van der Waals surface area contributed by atoms with Crippen LogP contribution in [0.25, 0.3) is 0 Å². The third-order valence-electron chi connectivity index (χ3n) is 4.15. The van der Waals surface area contributed by atoms with Crippen LogP contribution in [0.5, 0.6) is 0 Å². The van der Waals surface area contributed by atoms with Crippen molar-refractivity contribution in [2.75, 3.05) is 5.32 Å². The van der Waals surface area contributed by atoms with Gasteiger partial charge in [-0.05, 0) is 61.9 Å². The zero-order valence-electron chi connectivity index (χ0n) is 15.2. The zero-order valence-corrected chi connectivity index (χ0v) is 16.0. The Bertz CT molecular complexity index is 1020. The predicted octanol–water partition coefficient (Wildman–Crippen LogP) is 3.37. The van der Waals surface area contributed by atoms with Crippen molar-refractivity contribution in [3.63, 3.8) is 0 Å². The average molecular weight is 383 g/mol. The van der Waals surface area contributed by atoms with Crippen molar-refractivity contribution in [2.45, 2.75) is 30.5 Å². The van der Waals surface area contributed by atoms with Gasteiger partial charge in [-0.1, -0.05) is 12.1 Å². The van der Waals surface area contributed by atoms with E-state index in [1.54, 1.807) is 24.7 Å². The summed E-state index contributed by atoms with van der Waals surface area (Å²) in [5, 5.41) is 6.51. The summed E-state index contributed by atoms with van der Waals surface area (Å²) in [5.74, 6) is -0.292. The van der Waals surface area contributed by atoms with E-state index in [4.69, 9.17) is 0 Å². The molecule has 3 rings (SSSR count). The van der Waals surface area contributed by atoms with Gasteiger partial charge in [0.25, 0.3) is 5.91 Å². The molecule has 0 atom stereocenters. The van der Waals surface area contributed by atoms with Crippen molar-refractivity contribution in [3.05, 3.63) is 78.1 Å². The van der Waals surface area contributed by atoms with E-state index in [0.29, 0.717) is 17.8 Å². The number of hydrogen-bond donors (Lipinski definition) is 1. The van der Waals surface area contributed by atoms with Crippen molar-refractivity contribution in [1.29, 1.82) is 0 Å². The average Bonchev–Trinajstić information content (AvgIpc) is 3.15. The lowest BCUT2D eigenvalue weighted by Crippen LogP contribution is -2.15. The van der Waals surface area contributed by atoms with E-state index in [0.717, 1.165) is 5.56 Å². The van der Waals surface area contributed by atoms with Gasteiger partial charge in [-0.25, -0.2) is 8.42 Å². The molecule has 0 bridgehead atoms. The standard InChI is InChI=1S/C20H21N3O3S/c1-15(2)27(25,26)19-9-7-17(8-10-19)20(24)22-18-6-3-5-16(13-18)14-23-12-4-11-21-23/h3-13,15H,14H2,1-2H3,(H,22,24). The Morgan fingerprint density at radius 1 is 1.11 bits per heavy atom. The third-order valence-corrected chi connectivity index (χ3v) is 6.32. The van der Waals surface area contributed by atoms with Gasteiger partial charge in [0.2, 0.25) is 0 Å². The number of nitrogens with zero attached hydrogens (tertiary/aromatic N) is 2. The number of benzene rings is 2. The summed E-state index contributed by atoms with van der Waals surface area (Å²) < 4.78 is 26.1. The number of sulfone groups is 1. The molecular weight excluding hydrogens is 362 g/mol. The van der Waals surface area contributed by atoms with E-state index >= 15 is 0 Å². The minimum Gasteiger partial charge on any atom is -0.322 e. The summed E-state index contributed by atoms with van der Waals surface area (Å²) in [5.41, 5.74) is 2.08. The molecule has 0 aliphatic heterocycles. The first-order chi connectivity index (χ1) is 12.9. The van der Waals surface area contributed by atoms with Gasteiger partial charge in [0.15, 0.2) is 9.84 Å². The Labute approximate surface area is 158 Å². The molecule has 6 nitrogen and oxygen atoms in total. The molecule has 0 aliphatic rings. The van der Waals surface area contributed by atoms with E-state index in [2.05, 4.69) is 10.4 Å². The molecule has 1 heterocycles.